The Kier molecular flexibility index (Phi) is 12.6. The zero-order valence-electron chi connectivity index (χ0n) is 20.0. The van der Waals surface area contributed by atoms with Crippen LogP contribution in [-0.4, -0.2) is 59.5 Å². The first-order valence-electron chi connectivity index (χ1n) is 10.6. The van der Waals surface area contributed by atoms with E-state index in [1.54, 1.807) is 34.6 Å². The molecular formula is C21H40N4O5S. The summed E-state index contributed by atoms with van der Waals surface area (Å²) in [5.41, 5.74) is 4.71. The molecule has 0 heterocycles. The number of ether oxygens (including phenoxy) is 1. The number of carbonyl (C=O) groups excluding carboxylic acids is 4. The second-order valence-corrected chi connectivity index (χ2v) is 10.3. The number of thioether (sulfide) groups is 1. The Hall–Kier alpha value is -1.97. The van der Waals surface area contributed by atoms with Crippen molar-refractivity contribution in [3.8, 4) is 0 Å². The zero-order chi connectivity index (χ0) is 24.4. The topological polar surface area (TPSA) is 140 Å². The van der Waals surface area contributed by atoms with E-state index >= 15 is 0 Å². The fraction of sp³-hybridized carbons (Fsp3) is 0.810. The summed E-state index contributed by atoms with van der Waals surface area (Å²) in [6.45, 7) is 12.6. The lowest BCUT2D eigenvalue weighted by atomic mass is 9.99. The fourth-order valence-corrected chi connectivity index (χ4v) is 3.19. The second-order valence-electron chi connectivity index (χ2n) is 9.30. The number of primary amides is 1. The van der Waals surface area contributed by atoms with Crippen LogP contribution in [0.4, 0.5) is 4.79 Å². The minimum atomic E-state index is -0.890. The quantitative estimate of drug-likeness (QED) is 0.350. The van der Waals surface area contributed by atoms with Crippen LogP contribution in [0.25, 0.3) is 0 Å². The lowest BCUT2D eigenvalue weighted by Gasteiger charge is -2.28. The van der Waals surface area contributed by atoms with Gasteiger partial charge in [-0.05, 0) is 57.5 Å². The van der Waals surface area contributed by atoms with Crippen LogP contribution in [0.2, 0.25) is 0 Å². The average molecular weight is 461 g/mol. The molecule has 0 bridgehead atoms. The molecule has 0 radical (unpaired) electrons. The molecule has 0 saturated carbocycles. The molecule has 0 spiro atoms. The molecule has 31 heavy (non-hydrogen) atoms. The highest BCUT2D eigenvalue weighted by molar-refractivity contribution is 7.98. The molecule has 0 aliphatic rings. The van der Waals surface area contributed by atoms with Gasteiger partial charge in [0.25, 0.3) is 0 Å². The highest BCUT2D eigenvalue weighted by atomic mass is 32.2. The molecular weight excluding hydrogens is 420 g/mol. The Morgan fingerprint density at radius 3 is 1.94 bits per heavy atom. The molecule has 0 fully saturated rings. The Morgan fingerprint density at radius 2 is 1.52 bits per heavy atom. The lowest BCUT2D eigenvalue weighted by Crippen LogP contribution is -2.58. The summed E-state index contributed by atoms with van der Waals surface area (Å²) in [6.07, 6.45) is 1.96. The van der Waals surface area contributed by atoms with E-state index in [0.29, 0.717) is 18.6 Å². The predicted molar refractivity (Wildman–Crippen MR) is 124 cm³/mol. The summed E-state index contributed by atoms with van der Waals surface area (Å²) in [5.74, 6) is -1.08. The lowest BCUT2D eigenvalue weighted by molar-refractivity contribution is -0.133. The van der Waals surface area contributed by atoms with E-state index in [4.69, 9.17) is 10.5 Å². The van der Waals surface area contributed by atoms with Crippen molar-refractivity contribution in [2.45, 2.75) is 85.0 Å². The molecule has 10 heteroatoms. The number of hydrogen-bond acceptors (Lipinski definition) is 6. The Balaban J connectivity index is 5.34. The van der Waals surface area contributed by atoms with Crippen LogP contribution in [0.3, 0.4) is 0 Å². The van der Waals surface area contributed by atoms with Crippen LogP contribution in [0.1, 0.15) is 61.3 Å². The van der Waals surface area contributed by atoms with E-state index in [-0.39, 0.29) is 11.8 Å². The normalized spacial score (nSPS) is 14.5. The van der Waals surface area contributed by atoms with Gasteiger partial charge in [-0.15, -0.1) is 0 Å². The average Bonchev–Trinajstić information content (AvgIpc) is 2.59. The largest absolute Gasteiger partial charge is 0.444 e. The molecule has 5 N–H and O–H groups in total. The Morgan fingerprint density at radius 1 is 0.935 bits per heavy atom. The third-order valence-corrected chi connectivity index (χ3v) is 4.88. The Bertz CT molecular complexity index is 619. The number of rotatable bonds is 12. The minimum Gasteiger partial charge on any atom is -0.444 e. The molecule has 0 aliphatic carbocycles. The summed E-state index contributed by atoms with van der Waals surface area (Å²) in [4.78, 5) is 49.6. The van der Waals surface area contributed by atoms with Gasteiger partial charge in [-0.1, -0.05) is 27.7 Å². The van der Waals surface area contributed by atoms with Crippen LogP contribution in [0.5, 0.6) is 0 Å². The Labute approximate surface area is 190 Å². The summed E-state index contributed by atoms with van der Waals surface area (Å²) in [6, 6.07) is -2.57. The van der Waals surface area contributed by atoms with Gasteiger partial charge in [0, 0.05) is 0 Å². The monoisotopic (exact) mass is 460 g/mol. The number of alkyl carbamates (subject to hydrolysis) is 1. The SMILES string of the molecule is CSCC[C@H](NC(=O)OC(C)(C)C)C(=O)N[C@H](C(=O)N[C@H](CC(C)C)C(N)=O)C(C)C. The first-order chi connectivity index (χ1) is 14.2. The van der Waals surface area contributed by atoms with Crippen LogP contribution >= 0.6 is 11.8 Å². The van der Waals surface area contributed by atoms with Gasteiger partial charge in [0.2, 0.25) is 17.7 Å². The van der Waals surface area contributed by atoms with Crippen molar-refractivity contribution in [1.82, 2.24) is 16.0 Å². The maximum Gasteiger partial charge on any atom is 0.408 e. The maximum absolute atomic E-state index is 12.9. The van der Waals surface area contributed by atoms with Crippen molar-refractivity contribution in [1.29, 1.82) is 0 Å². The summed E-state index contributed by atoms with van der Waals surface area (Å²) < 4.78 is 5.25. The van der Waals surface area contributed by atoms with Crippen molar-refractivity contribution in [3.63, 3.8) is 0 Å². The first-order valence-corrected chi connectivity index (χ1v) is 12.0. The third kappa shape index (κ3) is 12.5. The molecule has 0 unspecified atom stereocenters. The van der Waals surface area contributed by atoms with Crippen LogP contribution in [0, 0.1) is 11.8 Å². The fourth-order valence-electron chi connectivity index (χ4n) is 2.72. The molecule has 0 aromatic heterocycles. The molecule has 180 valence electrons. The van der Waals surface area contributed by atoms with Gasteiger partial charge in [0.05, 0.1) is 0 Å². The van der Waals surface area contributed by atoms with Crippen LogP contribution < -0.4 is 21.7 Å². The molecule has 9 nitrogen and oxygen atoms in total. The van der Waals surface area contributed by atoms with E-state index in [0.717, 1.165) is 0 Å². The molecule has 0 aliphatic heterocycles. The van der Waals surface area contributed by atoms with Crippen LogP contribution in [0.15, 0.2) is 0 Å². The number of amides is 4. The van der Waals surface area contributed by atoms with Gasteiger partial charge in [-0.3, -0.25) is 14.4 Å². The predicted octanol–water partition coefficient (Wildman–Crippen LogP) is 1.79. The number of nitrogens with one attached hydrogen (secondary N) is 3. The number of hydrogen-bond donors (Lipinski definition) is 4. The van der Waals surface area contributed by atoms with Crippen LogP contribution in [-0.2, 0) is 19.1 Å². The summed E-state index contributed by atoms with van der Waals surface area (Å²) in [7, 11) is 0. The van der Waals surface area contributed by atoms with E-state index in [1.165, 1.54) is 11.8 Å². The number of carbonyl (C=O) groups is 4. The maximum atomic E-state index is 12.9. The third-order valence-electron chi connectivity index (χ3n) is 4.23. The molecule has 0 aromatic carbocycles. The first kappa shape index (κ1) is 29.0. The highest BCUT2D eigenvalue weighted by Gasteiger charge is 2.31. The van der Waals surface area contributed by atoms with Crippen molar-refractivity contribution in [3.05, 3.63) is 0 Å². The van der Waals surface area contributed by atoms with Gasteiger partial charge in [0.1, 0.15) is 23.7 Å². The van der Waals surface area contributed by atoms with Crippen molar-refractivity contribution >= 4 is 35.6 Å². The molecule has 0 saturated heterocycles. The summed E-state index contributed by atoms with van der Waals surface area (Å²) >= 11 is 1.53. The van der Waals surface area contributed by atoms with Gasteiger partial charge in [-0.2, -0.15) is 11.8 Å². The van der Waals surface area contributed by atoms with Gasteiger partial charge < -0.3 is 26.4 Å². The zero-order valence-corrected chi connectivity index (χ0v) is 20.9. The van der Waals surface area contributed by atoms with Gasteiger partial charge in [0.15, 0.2) is 0 Å². The van der Waals surface area contributed by atoms with E-state index in [9.17, 15) is 19.2 Å². The van der Waals surface area contributed by atoms with Crippen molar-refractivity contribution < 1.29 is 23.9 Å². The second kappa shape index (κ2) is 13.4. The molecule has 4 amide bonds. The van der Waals surface area contributed by atoms with Gasteiger partial charge >= 0.3 is 6.09 Å². The smallest absolute Gasteiger partial charge is 0.408 e. The molecule has 0 rings (SSSR count). The van der Waals surface area contributed by atoms with Gasteiger partial charge in [-0.25, -0.2) is 4.79 Å². The minimum absolute atomic E-state index is 0.152. The van der Waals surface area contributed by atoms with Crippen molar-refractivity contribution in [2.75, 3.05) is 12.0 Å². The summed E-state index contributed by atoms with van der Waals surface area (Å²) in [5, 5.41) is 7.94. The number of nitrogens with two attached hydrogens (primary N) is 1. The molecule has 3 atom stereocenters. The molecule has 0 aromatic rings. The highest BCUT2D eigenvalue weighted by Crippen LogP contribution is 2.10. The van der Waals surface area contributed by atoms with Crippen molar-refractivity contribution in [2.24, 2.45) is 17.6 Å². The standard InChI is InChI=1S/C21H40N4O5S/c1-12(2)11-15(17(22)26)23-19(28)16(13(3)4)25-18(27)14(9-10-31-8)24-20(29)30-21(5,6)7/h12-16H,9-11H2,1-8H3,(H2,22,26)(H,23,28)(H,24,29)(H,25,27)/t14-,15+,16-/m0/s1. The van der Waals surface area contributed by atoms with E-state index in [2.05, 4.69) is 16.0 Å². The van der Waals surface area contributed by atoms with E-state index < -0.39 is 47.5 Å². The van der Waals surface area contributed by atoms with E-state index in [1.807, 2.05) is 20.1 Å².